The summed E-state index contributed by atoms with van der Waals surface area (Å²) in [6, 6.07) is 85.2. The highest BCUT2D eigenvalue weighted by molar-refractivity contribution is 6.06. The standard InChI is InChI=1S/C56H40/c1-7-22-41(23-8-1)48-37-21-34-47(54(48)44-28-13-4-14-29-44)40-53(43-26-11-3-12-27-43)51-36-20-19-35-50(51)52-39-38-49(42-24-9-2-10-25-42)55(45-30-15-5-16-31-45)56(52)46-32-17-6-18-33-46/h1-40H. The minimum absolute atomic E-state index is 1.16. The molecule has 0 aliphatic heterocycles. The van der Waals surface area contributed by atoms with Crippen molar-refractivity contribution in [2.24, 2.45) is 0 Å². The fourth-order valence-corrected chi connectivity index (χ4v) is 8.01. The summed E-state index contributed by atoms with van der Waals surface area (Å²) in [7, 11) is 0. The van der Waals surface area contributed by atoms with Crippen molar-refractivity contribution in [3.8, 4) is 66.8 Å². The Morgan fingerprint density at radius 1 is 0.250 bits per heavy atom. The highest BCUT2D eigenvalue weighted by Gasteiger charge is 2.22. The molecule has 0 heteroatoms. The van der Waals surface area contributed by atoms with Gasteiger partial charge in [0.05, 0.1) is 0 Å². The zero-order chi connectivity index (χ0) is 37.5. The van der Waals surface area contributed by atoms with Gasteiger partial charge in [-0.3, -0.25) is 0 Å². The van der Waals surface area contributed by atoms with Crippen LogP contribution in [0.5, 0.6) is 0 Å². The van der Waals surface area contributed by atoms with Gasteiger partial charge in [0.15, 0.2) is 0 Å². The van der Waals surface area contributed by atoms with E-state index in [0.29, 0.717) is 0 Å². The third-order valence-electron chi connectivity index (χ3n) is 10.6. The number of hydrogen-bond donors (Lipinski definition) is 0. The van der Waals surface area contributed by atoms with Crippen LogP contribution in [0.3, 0.4) is 0 Å². The van der Waals surface area contributed by atoms with Crippen LogP contribution in [0.4, 0.5) is 0 Å². The third-order valence-corrected chi connectivity index (χ3v) is 10.6. The first-order chi connectivity index (χ1) is 27.8. The first-order valence-corrected chi connectivity index (χ1v) is 19.3. The molecule has 0 heterocycles. The van der Waals surface area contributed by atoms with Crippen LogP contribution < -0.4 is 0 Å². The molecule has 0 saturated heterocycles. The summed E-state index contributed by atoms with van der Waals surface area (Å²) in [4.78, 5) is 0. The summed E-state index contributed by atoms with van der Waals surface area (Å²) in [5, 5.41) is 0. The Morgan fingerprint density at radius 3 is 1.16 bits per heavy atom. The van der Waals surface area contributed by atoms with E-state index < -0.39 is 0 Å². The molecule has 0 unspecified atom stereocenters. The van der Waals surface area contributed by atoms with Crippen LogP contribution in [-0.4, -0.2) is 0 Å². The van der Waals surface area contributed by atoms with Gasteiger partial charge in [0.2, 0.25) is 0 Å². The summed E-state index contributed by atoms with van der Waals surface area (Å²) < 4.78 is 0. The average Bonchev–Trinajstić information content (AvgIpc) is 3.29. The minimum atomic E-state index is 1.16. The van der Waals surface area contributed by atoms with E-state index in [1.807, 2.05) is 0 Å². The fraction of sp³-hybridized carbons (Fsp3) is 0. The molecule has 0 atom stereocenters. The first kappa shape index (κ1) is 34.5. The van der Waals surface area contributed by atoms with Crippen LogP contribution in [-0.2, 0) is 0 Å². The molecule has 0 fully saturated rings. The predicted octanol–water partition coefficient (Wildman–Crippen LogP) is 15.3. The van der Waals surface area contributed by atoms with E-state index in [9.17, 15) is 0 Å². The Kier molecular flexibility index (Phi) is 9.84. The average molecular weight is 713 g/mol. The zero-order valence-corrected chi connectivity index (χ0v) is 31.1. The highest BCUT2D eigenvalue weighted by atomic mass is 14.3. The Balaban J connectivity index is 1.34. The Morgan fingerprint density at radius 2 is 0.625 bits per heavy atom. The molecule has 0 nitrogen and oxygen atoms in total. The monoisotopic (exact) mass is 712 g/mol. The van der Waals surface area contributed by atoms with E-state index in [4.69, 9.17) is 0 Å². The molecule has 0 aliphatic rings. The molecule has 0 N–H and O–H groups in total. The molecule has 0 spiro atoms. The molecular formula is C56H40. The number of benzene rings is 9. The molecule has 0 aliphatic carbocycles. The van der Waals surface area contributed by atoms with Gasteiger partial charge in [-0.05, 0) is 95.1 Å². The summed E-state index contributed by atoms with van der Waals surface area (Å²) >= 11 is 0. The molecular weight excluding hydrogens is 673 g/mol. The lowest BCUT2D eigenvalue weighted by atomic mass is 9.80. The van der Waals surface area contributed by atoms with Crippen LogP contribution in [0.25, 0.3) is 78.4 Å². The maximum atomic E-state index is 2.40. The SMILES string of the molecule is C(=C(c1ccccc1)c1ccccc1-c1ccc(-c2ccccc2)c(-c2ccccc2)c1-c1ccccc1)c1cccc(-c2ccccc2)c1-c1ccccc1. The topological polar surface area (TPSA) is 0 Å². The minimum Gasteiger partial charge on any atom is -0.0622 e. The predicted molar refractivity (Wildman–Crippen MR) is 239 cm³/mol. The van der Waals surface area contributed by atoms with E-state index >= 15 is 0 Å². The summed E-state index contributed by atoms with van der Waals surface area (Å²) in [5.41, 5.74) is 19.1. The lowest BCUT2D eigenvalue weighted by Gasteiger charge is -2.23. The largest absolute Gasteiger partial charge is 0.0622 e. The molecule has 9 aromatic carbocycles. The van der Waals surface area contributed by atoms with Crippen LogP contribution in [0.2, 0.25) is 0 Å². The van der Waals surface area contributed by atoms with Gasteiger partial charge in [-0.1, -0.05) is 237 Å². The smallest absolute Gasteiger partial charge is 0.00204 e. The second-order valence-electron chi connectivity index (χ2n) is 14.0. The molecule has 0 aromatic heterocycles. The van der Waals surface area contributed by atoms with E-state index in [0.717, 1.165) is 11.1 Å². The number of rotatable bonds is 9. The Hall–Kier alpha value is -7.28. The van der Waals surface area contributed by atoms with Crippen LogP contribution in [0.1, 0.15) is 16.7 Å². The van der Waals surface area contributed by atoms with Crippen molar-refractivity contribution in [2.45, 2.75) is 0 Å². The maximum Gasteiger partial charge on any atom is -0.00204 e. The zero-order valence-electron chi connectivity index (χ0n) is 31.1. The van der Waals surface area contributed by atoms with E-state index in [-0.39, 0.29) is 0 Å². The molecule has 0 amide bonds. The van der Waals surface area contributed by atoms with Crippen LogP contribution in [0.15, 0.2) is 237 Å². The van der Waals surface area contributed by atoms with Crippen molar-refractivity contribution in [2.75, 3.05) is 0 Å². The van der Waals surface area contributed by atoms with Crippen molar-refractivity contribution >= 4 is 11.6 Å². The van der Waals surface area contributed by atoms with Crippen molar-refractivity contribution in [3.05, 3.63) is 253 Å². The summed E-state index contributed by atoms with van der Waals surface area (Å²) in [6.45, 7) is 0. The van der Waals surface area contributed by atoms with Gasteiger partial charge in [-0.2, -0.15) is 0 Å². The lowest BCUT2D eigenvalue weighted by molar-refractivity contribution is 1.51. The lowest BCUT2D eigenvalue weighted by Crippen LogP contribution is -1.98. The second-order valence-corrected chi connectivity index (χ2v) is 14.0. The quantitative estimate of drug-likeness (QED) is 0.131. The normalized spacial score (nSPS) is 11.3. The maximum absolute atomic E-state index is 2.40. The summed E-state index contributed by atoms with van der Waals surface area (Å²) in [5.74, 6) is 0. The van der Waals surface area contributed by atoms with Gasteiger partial charge in [-0.25, -0.2) is 0 Å². The van der Waals surface area contributed by atoms with Gasteiger partial charge < -0.3 is 0 Å². The third kappa shape index (κ3) is 6.93. The van der Waals surface area contributed by atoms with Gasteiger partial charge in [0.1, 0.15) is 0 Å². The Labute approximate surface area is 330 Å². The van der Waals surface area contributed by atoms with Gasteiger partial charge in [-0.15, -0.1) is 0 Å². The van der Waals surface area contributed by atoms with Gasteiger partial charge >= 0.3 is 0 Å². The fourth-order valence-electron chi connectivity index (χ4n) is 8.01. The second kappa shape index (κ2) is 16.0. The van der Waals surface area contributed by atoms with Gasteiger partial charge in [0, 0.05) is 0 Å². The van der Waals surface area contributed by atoms with Gasteiger partial charge in [0.25, 0.3) is 0 Å². The molecule has 264 valence electrons. The molecule has 0 radical (unpaired) electrons. The molecule has 0 bridgehead atoms. The van der Waals surface area contributed by atoms with Crippen LogP contribution in [0, 0.1) is 0 Å². The van der Waals surface area contributed by atoms with Crippen molar-refractivity contribution < 1.29 is 0 Å². The van der Waals surface area contributed by atoms with Crippen LogP contribution >= 0.6 is 0 Å². The molecule has 9 aromatic rings. The van der Waals surface area contributed by atoms with Crippen molar-refractivity contribution in [1.82, 2.24) is 0 Å². The summed E-state index contributed by atoms with van der Waals surface area (Å²) in [6.07, 6.45) is 2.40. The first-order valence-electron chi connectivity index (χ1n) is 19.3. The van der Waals surface area contributed by atoms with Crippen molar-refractivity contribution in [1.29, 1.82) is 0 Å². The molecule has 56 heavy (non-hydrogen) atoms. The Bertz CT molecular complexity index is 2730. The number of hydrogen-bond acceptors (Lipinski definition) is 0. The molecule has 9 rings (SSSR count). The van der Waals surface area contributed by atoms with Crippen molar-refractivity contribution in [3.63, 3.8) is 0 Å². The van der Waals surface area contributed by atoms with E-state index in [1.165, 1.54) is 77.9 Å². The highest BCUT2D eigenvalue weighted by Crippen LogP contribution is 2.48. The van der Waals surface area contributed by atoms with E-state index in [1.54, 1.807) is 0 Å². The van der Waals surface area contributed by atoms with E-state index in [2.05, 4.69) is 243 Å². The molecule has 0 saturated carbocycles.